The van der Waals surface area contributed by atoms with E-state index >= 15 is 0 Å². The van der Waals surface area contributed by atoms with E-state index in [1.54, 1.807) is 20.8 Å². The molecule has 0 aromatic rings. The maximum Gasteiger partial charge on any atom is 0.310 e. The SMILES string of the molecule is CC1=CC(=O)C[C@](C)(C(=O)O)[C@@H]1CC[C@@H](C)O[C@@H]1O[C@H](CO)[C@@H](O)[C@H](O)[C@H]1O. The van der Waals surface area contributed by atoms with Gasteiger partial charge in [-0.2, -0.15) is 0 Å². The van der Waals surface area contributed by atoms with Crippen molar-refractivity contribution in [1.82, 2.24) is 0 Å². The first kappa shape index (κ1) is 22.9. The Morgan fingerprint density at radius 2 is 1.96 bits per heavy atom. The minimum Gasteiger partial charge on any atom is -0.481 e. The van der Waals surface area contributed by atoms with E-state index in [0.717, 1.165) is 0 Å². The van der Waals surface area contributed by atoms with Crippen LogP contribution in [0.3, 0.4) is 0 Å². The molecule has 1 aliphatic heterocycles. The summed E-state index contributed by atoms with van der Waals surface area (Å²) in [7, 11) is 0. The second-order valence-electron chi connectivity index (χ2n) is 8.03. The number of hydrogen-bond donors (Lipinski definition) is 5. The molecule has 0 amide bonds. The second-order valence-corrected chi connectivity index (χ2v) is 8.03. The summed E-state index contributed by atoms with van der Waals surface area (Å²) >= 11 is 0. The number of carboxylic acids is 1. The maximum atomic E-state index is 11.8. The van der Waals surface area contributed by atoms with E-state index in [0.29, 0.717) is 18.4 Å². The number of ether oxygens (including phenoxy) is 2. The summed E-state index contributed by atoms with van der Waals surface area (Å²) in [6, 6.07) is 0. The Bertz CT molecular complexity index is 617. The van der Waals surface area contributed by atoms with Crippen LogP contribution >= 0.6 is 0 Å². The van der Waals surface area contributed by atoms with Gasteiger partial charge >= 0.3 is 5.97 Å². The molecule has 0 spiro atoms. The fourth-order valence-electron chi connectivity index (χ4n) is 4.04. The Morgan fingerprint density at radius 1 is 1.32 bits per heavy atom. The van der Waals surface area contributed by atoms with E-state index < -0.39 is 54.8 Å². The average Bonchev–Trinajstić information content (AvgIpc) is 2.61. The van der Waals surface area contributed by atoms with Gasteiger partial charge in [-0.15, -0.1) is 0 Å². The summed E-state index contributed by atoms with van der Waals surface area (Å²) in [4.78, 5) is 23.6. The van der Waals surface area contributed by atoms with E-state index in [-0.39, 0.29) is 18.1 Å². The number of hydrogen-bond acceptors (Lipinski definition) is 8. The minimum absolute atomic E-state index is 0.0632. The van der Waals surface area contributed by atoms with E-state index in [1.165, 1.54) is 6.08 Å². The third-order valence-electron chi connectivity index (χ3n) is 5.81. The largest absolute Gasteiger partial charge is 0.481 e. The molecule has 0 radical (unpaired) electrons. The van der Waals surface area contributed by atoms with Crippen molar-refractivity contribution >= 4 is 11.8 Å². The highest BCUT2D eigenvalue weighted by molar-refractivity contribution is 5.96. The van der Waals surface area contributed by atoms with Crippen molar-refractivity contribution in [1.29, 1.82) is 0 Å². The van der Waals surface area contributed by atoms with Gasteiger partial charge in [0.25, 0.3) is 0 Å². The van der Waals surface area contributed by atoms with E-state index in [9.17, 15) is 35.1 Å². The van der Waals surface area contributed by atoms with Crippen LogP contribution in [0.4, 0.5) is 0 Å². The molecule has 1 saturated heterocycles. The van der Waals surface area contributed by atoms with Crippen molar-refractivity contribution in [2.75, 3.05) is 6.61 Å². The molecule has 0 aromatic carbocycles. The van der Waals surface area contributed by atoms with Crippen LogP contribution in [0, 0.1) is 11.3 Å². The van der Waals surface area contributed by atoms with Crippen LogP contribution in [0.25, 0.3) is 0 Å². The van der Waals surface area contributed by atoms with Crippen LogP contribution in [0.1, 0.15) is 40.0 Å². The molecule has 9 nitrogen and oxygen atoms in total. The number of aliphatic hydroxyl groups is 4. The summed E-state index contributed by atoms with van der Waals surface area (Å²) in [5.41, 5.74) is -0.486. The molecule has 8 atom stereocenters. The Balaban J connectivity index is 2.01. The van der Waals surface area contributed by atoms with Crippen LogP contribution in [-0.4, -0.2) is 80.7 Å². The number of allylic oxidation sites excluding steroid dienone is 2. The standard InChI is InChI=1S/C19H30O9/c1-9-6-11(21)7-19(3,18(25)26)12(9)5-4-10(2)27-17-16(24)15(23)14(22)13(8-20)28-17/h6,10,12-17,20,22-24H,4-5,7-8H2,1-3H3,(H,25,26)/t10-,12-,13-,14-,15+,16-,17-,19+/m1/s1. The van der Waals surface area contributed by atoms with Gasteiger partial charge in [0.05, 0.1) is 18.1 Å². The Kier molecular flexibility index (Phi) is 7.35. The smallest absolute Gasteiger partial charge is 0.310 e. The zero-order valence-electron chi connectivity index (χ0n) is 16.3. The lowest BCUT2D eigenvalue weighted by Crippen LogP contribution is -2.59. The Morgan fingerprint density at radius 3 is 2.54 bits per heavy atom. The predicted molar refractivity (Wildman–Crippen MR) is 96.2 cm³/mol. The van der Waals surface area contributed by atoms with E-state index in [4.69, 9.17) is 9.47 Å². The molecule has 160 valence electrons. The van der Waals surface area contributed by atoms with Gasteiger partial charge in [0.2, 0.25) is 0 Å². The van der Waals surface area contributed by atoms with Crippen molar-refractivity contribution in [3.05, 3.63) is 11.6 Å². The van der Waals surface area contributed by atoms with Crippen molar-refractivity contribution < 1.29 is 44.6 Å². The first-order valence-corrected chi connectivity index (χ1v) is 9.41. The lowest BCUT2D eigenvalue weighted by Gasteiger charge is -2.41. The molecule has 2 rings (SSSR count). The number of aliphatic carboxylic acids is 1. The fourth-order valence-corrected chi connectivity index (χ4v) is 4.04. The number of carboxylic acid groups (broad SMARTS) is 1. The Hall–Kier alpha value is -1.36. The molecule has 9 heteroatoms. The predicted octanol–water partition coefficient (Wildman–Crippen LogP) is -0.402. The molecule has 5 N–H and O–H groups in total. The Labute approximate surface area is 163 Å². The molecule has 0 saturated carbocycles. The van der Waals surface area contributed by atoms with Crippen LogP contribution < -0.4 is 0 Å². The van der Waals surface area contributed by atoms with Gasteiger partial charge in [-0.3, -0.25) is 9.59 Å². The highest BCUT2D eigenvalue weighted by Gasteiger charge is 2.47. The first-order chi connectivity index (χ1) is 13.0. The summed E-state index contributed by atoms with van der Waals surface area (Å²) in [6.07, 6.45) is -4.94. The van der Waals surface area contributed by atoms with Gasteiger partial charge in [-0.1, -0.05) is 5.57 Å². The van der Waals surface area contributed by atoms with Gasteiger partial charge in [0.1, 0.15) is 24.4 Å². The van der Waals surface area contributed by atoms with Crippen molar-refractivity contribution in [3.8, 4) is 0 Å². The molecule has 0 bridgehead atoms. The lowest BCUT2D eigenvalue weighted by molar-refractivity contribution is -0.310. The monoisotopic (exact) mass is 402 g/mol. The van der Waals surface area contributed by atoms with Gasteiger partial charge in [-0.05, 0) is 45.6 Å². The average molecular weight is 402 g/mol. The van der Waals surface area contributed by atoms with Crippen molar-refractivity contribution in [2.45, 2.75) is 76.8 Å². The number of carbonyl (C=O) groups is 2. The summed E-state index contributed by atoms with van der Waals surface area (Å²) in [6.45, 7) is 4.48. The normalized spacial score (nSPS) is 40.1. The maximum absolute atomic E-state index is 11.8. The second kappa shape index (κ2) is 8.98. The highest BCUT2D eigenvalue weighted by atomic mass is 16.7. The number of carbonyl (C=O) groups excluding carboxylic acids is 1. The quantitative estimate of drug-likeness (QED) is 0.382. The molecule has 1 aliphatic carbocycles. The van der Waals surface area contributed by atoms with Gasteiger partial charge < -0.3 is 35.0 Å². The highest BCUT2D eigenvalue weighted by Crippen LogP contribution is 2.43. The van der Waals surface area contributed by atoms with Crippen LogP contribution in [0.5, 0.6) is 0 Å². The van der Waals surface area contributed by atoms with Crippen molar-refractivity contribution in [3.63, 3.8) is 0 Å². The third kappa shape index (κ3) is 4.61. The molecule has 0 unspecified atom stereocenters. The summed E-state index contributed by atoms with van der Waals surface area (Å²) in [5, 5.41) is 48.5. The van der Waals surface area contributed by atoms with Crippen LogP contribution in [-0.2, 0) is 19.1 Å². The molecular weight excluding hydrogens is 372 g/mol. The van der Waals surface area contributed by atoms with Gasteiger partial charge in [0.15, 0.2) is 12.1 Å². The number of ketones is 1. The van der Waals surface area contributed by atoms with Crippen molar-refractivity contribution in [2.24, 2.45) is 11.3 Å². The summed E-state index contributed by atoms with van der Waals surface area (Å²) < 4.78 is 11.0. The molecule has 2 aliphatic rings. The molecule has 0 aromatic heterocycles. The van der Waals surface area contributed by atoms with Gasteiger partial charge in [0, 0.05) is 6.42 Å². The molecule has 28 heavy (non-hydrogen) atoms. The zero-order chi connectivity index (χ0) is 21.2. The van der Waals surface area contributed by atoms with E-state index in [1.807, 2.05) is 0 Å². The minimum atomic E-state index is -1.52. The van der Waals surface area contributed by atoms with Crippen LogP contribution in [0.15, 0.2) is 11.6 Å². The molecule has 1 fully saturated rings. The molecular formula is C19H30O9. The van der Waals surface area contributed by atoms with Crippen LogP contribution in [0.2, 0.25) is 0 Å². The fraction of sp³-hybridized carbons (Fsp3) is 0.789. The zero-order valence-corrected chi connectivity index (χ0v) is 16.3. The first-order valence-electron chi connectivity index (χ1n) is 9.41. The van der Waals surface area contributed by atoms with E-state index in [2.05, 4.69) is 0 Å². The topological polar surface area (TPSA) is 154 Å². The van der Waals surface area contributed by atoms with Gasteiger partial charge in [-0.25, -0.2) is 0 Å². The summed E-state index contributed by atoms with van der Waals surface area (Å²) in [5.74, 6) is -1.58. The molecule has 1 heterocycles. The number of aliphatic hydroxyl groups excluding tert-OH is 4. The third-order valence-corrected chi connectivity index (χ3v) is 5.81. The number of rotatable bonds is 7. The lowest BCUT2D eigenvalue weighted by atomic mass is 9.65.